The second kappa shape index (κ2) is 11.3. The number of hydrogen-bond acceptors (Lipinski definition) is 9. The van der Waals surface area contributed by atoms with Crippen LogP contribution >= 0.6 is 0 Å². The number of carbonyl (C=O) groups excluding carboxylic acids is 1. The van der Waals surface area contributed by atoms with Crippen molar-refractivity contribution in [3.8, 4) is 17.4 Å². The Hall–Kier alpha value is -4.00. The molecule has 1 atom stereocenters. The van der Waals surface area contributed by atoms with Crippen molar-refractivity contribution in [1.82, 2.24) is 30.8 Å². The van der Waals surface area contributed by atoms with E-state index in [1.165, 1.54) is 12.4 Å². The number of rotatable bonds is 8. The fourth-order valence-corrected chi connectivity index (χ4v) is 6.33. The van der Waals surface area contributed by atoms with Gasteiger partial charge in [-0.05, 0) is 43.4 Å². The molecule has 6 rings (SSSR count). The number of anilines is 1. The van der Waals surface area contributed by atoms with Gasteiger partial charge in [0.25, 0.3) is 11.8 Å². The number of ether oxygens (including phenoxy) is 2. The van der Waals surface area contributed by atoms with Crippen LogP contribution in [0.2, 0.25) is 0 Å². The maximum Gasteiger partial charge on any atom is 0.405 e. The van der Waals surface area contributed by atoms with E-state index in [1.54, 1.807) is 12.1 Å². The highest BCUT2D eigenvalue weighted by molar-refractivity contribution is 5.97. The molecular formula is C30H34F3N7O3. The number of pyridine rings is 1. The Labute approximate surface area is 247 Å². The van der Waals surface area contributed by atoms with Gasteiger partial charge in [0.05, 0.1) is 11.3 Å². The second-order valence-electron chi connectivity index (χ2n) is 12.0. The van der Waals surface area contributed by atoms with Crippen molar-refractivity contribution in [1.29, 1.82) is 0 Å². The zero-order chi connectivity index (χ0) is 30.4. The van der Waals surface area contributed by atoms with Gasteiger partial charge in [-0.15, -0.1) is 10.2 Å². The highest BCUT2D eigenvalue weighted by atomic mass is 19.4. The first kappa shape index (κ1) is 29.1. The Bertz CT molecular complexity index is 1500. The van der Waals surface area contributed by atoms with Crippen LogP contribution in [-0.2, 0) is 6.42 Å². The van der Waals surface area contributed by atoms with Crippen molar-refractivity contribution in [2.45, 2.75) is 64.3 Å². The Morgan fingerprint density at radius 3 is 2.74 bits per heavy atom. The zero-order valence-electron chi connectivity index (χ0n) is 24.2. The van der Waals surface area contributed by atoms with E-state index in [0.717, 1.165) is 55.9 Å². The largest absolute Gasteiger partial charge is 0.490 e. The van der Waals surface area contributed by atoms with Gasteiger partial charge < -0.3 is 25.0 Å². The average Bonchev–Trinajstić information content (AvgIpc) is 2.92. The van der Waals surface area contributed by atoms with Crippen molar-refractivity contribution in [2.24, 2.45) is 5.41 Å². The molecule has 2 fully saturated rings. The molecule has 2 aliphatic heterocycles. The Morgan fingerprint density at radius 1 is 1.21 bits per heavy atom. The van der Waals surface area contributed by atoms with E-state index in [2.05, 4.69) is 32.4 Å². The molecule has 0 bridgehead atoms. The van der Waals surface area contributed by atoms with Crippen LogP contribution in [0.3, 0.4) is 0 Å². The lowest BCUT2D eigenvalue weighted by molar-refractivity contribution is -0.123. The van der Waals surface area contributed by atoms with E-state index < -0.39 is 18.6 Å². The Morgan fingerprint density at radius 2 is 2.00 bits per heavy atom. The standard InChI is InChI=1S/C30H34F3N7O3/c1-17(2)20-5-4-6-21(27(41)36-13-30(31,32)33)25(20)43-28-26(37-16-38-39-28)40-14-29(15-40)11-19(12-29)42-23-8-10-35-22-7-9-34-18(3)24(22)23/h4-6,8,10,16-19,34H,7,9,11-15H2,1-3H3,(H,36,41). The summed E-state index contributed by atoms with van der Waals surface area (Å²) in [6.45, 7) is 6.84. The molecule has 13 heteroatoms. The molecular weight excluding hydrogens is 563 g/mol. The molecule has 2 aromatic heterocycles. The van der Waals surface area contributed by atoms with E-state index in [-0.39, 0.29) is 40.7 Å². The molecule has 4 heterocycles. The van der Waals surface area contributed by atoms with E-state index in [0.29, 0.717) is 11.4 Å². The monoisotopic (exact) mass is 597 g/mol. The number of nitrogens with one attached hydrogen (secondary N) is 2. The molecule has 0 radical (unpaired) electrons. The topological polar surface area (TPSA) is 114 Å². The number of benzene rings is 1. The van der Waals surface area contributed by atoms with Crippen molar-refractivity contribution >= 4 is 11.7 Å². The summed E-state index contributed by atoms with van der Waals surface area (Å²) in [7, 11) is 0. The molecule has 1 aliphatic carbocycles. The molecule has 1 spiro atoms. The molecule has 43 heavy (non-hydrogen) atoms. The number of nitrogens with zero attached hydrogens (tertiary/aromatic N) is 5. The fourth-order valence-electron chi connectivity index (χ4n) is 6.33. The summed E-state index contributed by atoms with van der Waals surface area (Å²) in [5.74, 6) is 0.619. The van der Waals surface area contributed by atoms with Crippen LogP contribution in [0.1, 0.15) is 72.8 Å². The molecule has 1 saturated carbocycles. The molecule has 10 nitrogen and oxygen atoms in total. The minimum atomic E-state index is -4.54. The van der Waals surface area contributed by atoms with Gasteiger partial charge in [-0.25, -0.2) is 4.98 Å². The van der Waals surface area contributed by atoms with Gasteiger partial charge in [0.1, 0.15) is 30.5 Å². The minimum absolute atomic E-state index is 0.0195. The summed E-state index contributed by atoms with van der Waals surface area (Å²) < 4.78 is 51.0. The van der Waals surface area contributed by atoms with Gasteiger partial charge in [-0.1, -0.05) is 26.0 Å². The summed E-state index contributed by atoms with van der Waals surface area (Å²) in [6, 6.07) is 6.96. The third-order valence-corrected chi connectivity index (χ3v) is 8.38. The predicted molar refractivity (Wildman–Crippen MR) is 151 cm³/mol. The fraction of sp³-hybridized carbons (Fsp3) is 0.500. The molecule has 1 unspecified atom stereocenters. The quantitative estimate of drug-likeness (QED) is 0.381. The van der Waals surface area contributed by atoms with Crippen LogP contribution in [0, 0.1) is 5.41 Å². The summed E-state index contributed by atoms with van der Waals surface area (Å²) in [5, 5.41) is 13.4. The number of alkyl halides is 3. The minimum Gasteiger partial charge on any atom is -0.490 e. The third kappa shape index (κ3) is 5.95. The van der Waals surface area contributed by atoms with Crippen LogP contribution in [0.25, 0.3) is 0 Å². The molecule has 1 aromatic carbocycles. The van der Waals surface area contributed by atoms with E-state index in [1.807, 2.05) is 36.3 Å². The highest BCUT2D eigenvalue weighted by Crippen LogP contribution is 2.52. The average molecular weight is 598 g/mol. The number of hydrogen-bond donors (Lipinski definition) is 2. The number of aromatic nitrogens is 4. The van der Waals surface area contributed by atoms with Gasteiger partial charge in [0, 0.05) is 49.3 Å². The molecule has 2 N–H and O–H groups in total. The highest BCUT2D eigenvalue weighted by Gasteiger charge is 2.54. The van der Waals surface area contributed by atoms with Crippen molar-refractivity contribution < 1.29 is 27.4 Å². The van der Waals surface area contributed by atoms with Crippen LogP contribution < -0.4 is 25.0 Å². The normalized spacial score (nSPS) is 19.4. The first-order chi connectivity index (χ1) is 20.5. The van der Waals surface area contributed by atoms with Crippen LogP contribution in [-0.4, -0.2) is 64.5 Å². The molecule has 3 aliphatic rings. The van der Waals surface area contributed by atoms with Gasteiger partial charge in [-0.2, -0.15) is 13.2 Å². The van der Waals surface area contributed by atoms with Gasteiger partial charge in [-0.3, -0.25) is 9.78 Å². The van der Waals surface area contributed by atoms with E-state index in [9.17, 15) is 18.0 Å². The second-order valence-corrected chi connectivity index (χ2v) is 12.0. The van der Waals surface area contributed by atoms with Gasteiger partial charge in [0.15, 0.2) is 5.82 Å². The van der Waals surface area contributed by atoms with Gasteiger partial charge >= 0.3 is 6.18 Å². The molecule has 1 saturated heterocycles. The first-order valence-electron chi connectivity index (χ1n) is 14.5. The number of carbonyl (C=O) groups is 1. The van der Waals surface area contributed by atoms with Crippen LogP contribution in [0.4, 0.5) is 19.0 Å². The van der Waals surface area contributed by atoms with Crippen molar-refractivity contribution in [2.75, 3.05) is 31.1 Å². The predicted octanol–water partition coefficient (Wildman–Crippen LogP) is 4.73. The van der Waals surface area contributed by atoms with Crippen LogP contribution in [0.5, 0.6) is 17.4 Å². The van der Waals surface area contributed by atoms with Crippen LogP contribution in [0.15, 0.2) is 36.8 Å². The number of para-hydroxylation sites is 1. The van der Waals surface area contributed by atoms with Crippen molar-refractivity contribution in [3.63, 3.8) is 0 Å². The maximum atomic E-state index is 12.8. The lowest BCUT2D eigenvalue weighted by Gasteiger charge is -2.58. The SMILES string of the molecule is CC(C)c1cccc(C(=O)NCC(F)(F)F)c1Oc1nncnc1N1CC2(CC(Oc3ccnc4c3C(C)NCC4)C2)C1. The smallest absolute Gasteiger partial charge is 0.405 e. The van der Waals surface area contributed by atoms with E-state index >= 15 is 0 Å². The summed E-state index contributed by atoms with van der Waals surface area (Å²) in [4.78, 5) is 23.8. The summed E-state index contributed by atoms with van der Waals surface area (Å²) in [6.07, 6.45) is 1.40. The molecule has 3 aromatic rings. The maximum absolute atomic E-state index is 12.8. The number of amides is 1. The lowest BCUT2D eigenvalue weighted by Crippen LogP contribution is -2.65. The number of fused-ring (bicyclic) bond motifs is 1. The Balaban J connectivity index is 1.14. The van der Waals surface area contributed by atoms with Crippen molar-refractivity contribution in [3.05, 3.63) is 59.2 Å². The lowest BCUT2D eigenvalue weighted by atomic mass is 9.61. The summed E-state index contributed by atoms with van der Waals surface area (Å²) >= 11 is 0. The van der Waals surface area contributed by atoms with Gasteiger partial charge in [0.2, 0.25) is 0 Å². The zero-order valence-corrected chi connectivity index (χ0v) is 24.2. The summed E-state index contributed by atoms with van der Waals surface area (Å²) in [5.41, 5.74) is 2.96. The Kier molecular flexibility index (Phi) is 7.61. The first-order valence-corrected chi connectivity index (χ1v) is 14.5. The molecule has 1 amide bonds. The molecule has 228 valence electrons. The van der Waals surface area contributed by atoms with E-state index in [4.69, 9.17) is 9.47 Å². The number of halogens is 3. The third-order valence-electron chi connectivity index (χ3n) is 8.38.